The van der Waals surface area contributed by atoms with Crippen molar-refractivity contribution < 1.29 is 8.42 Å². The molecule has 0 atom stereocenters. The predicted octanol–water partition coefficient (Wildman–Crippen LogP) is 4.96. The molecule has 5 rings (SSSR count). The van der Waals surface area contributed by atoms with Gasteiger partial charge in [-0.3, -0.25) is 4.72 Å². The van der Waals surface area contributed by atoms with E-state index in [4.69, 9.17) is 0 Å². The minimum absolute atomic E-state index is 0.223. The summed E-state index contributed by atoms with van der Waals surface area (Å²) < 4.78 is 30.8. The Bertz CT molecular complexity index is 1420. The number of hydrogen-bond donors (Lipinski definition) is 1. The monoisotopic (exact) mass is 399 g/mol. The maximum atomic E-state index is 13.1. The molecule has 29 heavy (non-hydrogen) atoms. The lowest BCUT2D eigenvalue weighted by molar-refractivity contribution is 0.601. The number of imidazole rings is 1. The zero-order valence-electron chi connectivity index (χ0n) is 15.4. The highest BCUT2D eigenvalue weighted by molar-refractivity contribution is 7.92. The number of fused-ring (bicyclic) bond motifs is 2. The SMILES string of the molecule is O=S(=O)(Nc1ccccc1-c1cn2ccccc2n1)c1ccc2ccccc2c1. The molecule has 142 valence electrons. The molecule has 3 aromatic carbocycles. The van der Waals surface area contributed by atoms with Gasteiger partial charge in [0.25, 0.3) is 10.0 Å². The van der Waals surface area contributed by atoms with Gasteiger partial charge in [-0.1, -0.05) is 54.6 Å². The third kappa shape index (κ3) is 3.23. The average molecular weight is 399 g/mol. The molecule has 0 aliphatic rings. The molecule has 0 amide bonds. The third-order valence-corrected chi connectivity index (χ3v) is 6.21. The van der Waals surface area contributed by atoms with Crippen molar-refractivity contribution in [1.29, 1.82) is 0 Å². The van der Waals surface area contributed by atoms with E-state index in [0.29, 0.717) is 11.4 Å². The van der Waals surface area contributed by atoms with E-state index in [1.54, 1.807) is 24.3 Å². The average Bonchev–Trinajstić information content (AvgIpc) is 3.17. The van der Waals surface area contributed by atoms with Crippen LogP contribution in [0.25, 0.3) is 27.7 Å². The molecule has 0 saturated heterocycles. The molecule has 0 aliphatic heterocycles. The highest BCUT2D eigenvalue weighted by Gasteiger charge is 2.18. The fraction of sp³-hybridized carbons (Fsp3) is 0. The van der Waals surface area contributed by atoms with Crippen molar-refractivity contribution in [1.82, 2.24) is 9.38 Å². The normalized spacial score (nSPS) is 11.7. The van der Waals surface area contributed by atoms with Gasteiger partial charge >= 0.3 is 0 Å². The Morgan fingerprint density at radius 3 is 2.41 bits per heavy atom. The Kier molecular flexibility index (Phi) is 4.07. The highest BCUT2D eigenvalue weighted by atomic mass is 32.2. The van der Waals surface area contributed by atoms with Gasteiger partial charge in [-0.25, -0.2) is 13.4 Å². The molecule has 0 spiro atoms. The molecule has 0 unspecified atom stereocenters. The first-order valence-electron chi connectivity index (χ1n) is 9.15. The smallest absolute Gasteiger partial charge is 0.261 e. The minimum atomic E-state index is -3.75. The molecule has 0 bridgehead atoms. The van der Waals surface area contributed by atoms with Crippen LogP contribution in [0.3, 0.4) is 0 Å². The summed E-state index contributed by atoms with van der Waals surface area (Å²) in [7, 11) is -3.75. The fourth-order valence-corrected chi connectivity index (χ4v) is 4.51. The van der Waals surface area contributed by atoms with Crippen LogP contribution < -0.4 is 4.72 Å². The number of nitrogens with one attached hydrogen (secondary N) is 1. The minimum Gasteiger partial charge on any atom is -0.306 e. The van der Waals surface area contributed by atoms with Crippen molar-refractivity contribution >= 4 is 32.1 Å². The van der Waals surface area contributed by atoms with Crippen molar-refractivity contribution in [3.05, 3.63) is 97.3 Å². The van der Waals surface area contributed by atoms with Crippen molar-refractivity contribution in [3.8, 4) is 11.3 Å². The second-order valence-electron chi connectivity index (χ2n) is 6.75. The molecule has 0 fully saturated rings. The van der Waals surface area contributed by atoms with Crippen molar-refractivity contribution in [2.75, 3.05) is 4.72 Å². The predicted molar refractivity (Wildman–Crippen MR) is 115 cm³/mol. The van der Waals surface area contributed by atoms with Gasteiger partial charge in [0.05, 0.1) is 16.3 Å². The van der Waals surface area contributed by atoms with Crippen LogP contribution in [0.15, 0.2) is 102 Å². The van der Waals surface area contributed by atoms with E-state index < -0.39 is 10.0 Å². The van der Waals surface area contributed by atoms with Crippen LogP contribution in [-0.4, -0.2) is 17.8 Å². The lowest BCUT2D eigenvalue weighted by Crippen LogP contribution is -2.13. The fourth-order valence-electron chi connectivity index (χ4n) is 3.40. The van der Waals surface area contributed by atoms with Gasteiger partial charge in [-0.2, -0.15) is 0 Å². The van der Waals surface area contributed by atoms with Gasteiger partial charge in [0.15, 0.2) is 0 Å². The van der Waals surface area contributed by atoms with Gasteiger partial charge in [-0.05, 0) is 41.1 Å². The van der Waals surface area contributed by atoms with Gasteiger partial charge < -0.3 is 4.40 Å². The Morgan fingerprint density at radius 1 is 0.793 bits per heavy atom. The van der Waals surface area contributed by atoms with Gasteiger partial charge in [0.1, 0.15) is 5.65 Å². The quantitative estimate of drug-likeness (QED) is 0.465. The van der Waals surface area contributed by atoms with Crippen LogP contribution in [0.1, 0.15) is 0 Å². The molecule has 5 nitrogen and oxygen atoms in total. The first kappa shape index (κ1) is 17.5. The zero-order valence-corrected chi connectivity index (χ0v) is 16.2. The summed E-state index contributed by atoms with van der Waals surface area (Å²) in [4.78, 5) is 4.84. The molecule has 6 heteroatoms. The van der Waals surface area contributed by atoms with Gasteiger partial charge in [-0.15, -0.1) is 0 Å². The maximum Gasteiger partial charge on any atom is 0.261 e. The molecule has 2 aromatic heterocycles. The molecule has 0 radical (unpaired) electrons. The Balaban J connectivity index is 1.56. The van der Waals surface area contributed by atoms with Gasteiger partial charge in [0.2, 0.25) is 0 Å². The van der Waals surface area contributed by atoms with Crippen LogP contribution >= 0.6 is 0 Å². The number of para-hydroxylation sites is 1. The van der Waals surface area contributed by atoms with Crippen molar-refractivity contribution in [3.63, 3.8) is 0 Å². The van der Waals surface area contributed by atoms with Crippen LogP contribution in [0.5, 0.6) is 0 Å². The molecule has 5 aromatic rings. The Labute approximate surface area is 168 Å². The lowest BCUT2D eigenvalue weighted by Gasteiger charge is -2.12. The second kappa shape index (κ2) is 6.76. The standard InChI is InChI=1S/C23H17N3O2S/c27-29(28,19-13-12-17-7-1-2-8-18(17)15-19)25-21-10-4-3-9-20(21)22-16-26-14-6-5-11-23(26)24-22/h1-16,25H. The highest BCUT2D eigenvalue weighted by Crippen LogP contribution is 2.30. The van der Waals surface area contributed by atoms with E-state index in [1.165, 1.54) is 0 Å². The number of hydrogen-bond acceptors (Lipinski definition) is 3. The van der Waals surface area contributed by atoms with Crippen LogP contribution in [0.4, 0.5) is 5.69 Å². The summed E-state index contributed by atoms with van der Waals surface area (Å²) in [5.74, 6) is 0. The number of sulfonamides is 1. The summed E-state index contributed by atoms with van der Waals surface area (Å²) in [6, 6.07) is 25.8. The number of nitrogens with zero attached hydrogens (tertiary/aromatic N) is 2. The topological polar surface area (TPSA) is 63.5 Å². The summed E-state index contributed by atoms with van der Waals surface area (Å²) in [5.41, 5.74) is 2.72. The second-order valence-corrected chi connectivity index (χ2v) is 8.43. The van der Waals surface area contributed by atoms with E-state index in [2.05, 4.69) is 9.71 Å². The van der Waals surface area contributed by atoms with Crippen LogP contribution in [0.2, 0.25) is 0 Å². The summed E-state index contributed by atoms with van der Waals surface area (Å²) >= 11 is 0. The summed E-state index contributed by atoms with van der Waals surface area (Å²) in [6.07, 6.45) is 3.80. The molecule has 2 heterocycles. The first-order chi connectivity index (χ1) is 14.1. The summed E-state index contributed by atoms with van der Waals surface area (Å²) in [6.45, 7) is 0. The largest absolute Gasteiger partial charge is 0.306 e. The number of rotatable bonds is 4. The molecule has 0 saturated carbocycles. The molecular weight excluding hydrogens is 382 g/mol. The zero-order chi connectivity index (χ0) is 19.8. The molecule has 1 N–H and O–H groups in total. The van der Waals surface area contributed by atoms with E-state index >= 15 is 0 Å². The molecule has 0 aliphatic carbocycles. The lowest BCUT2D eigenvalue weighted by atomic mass is 10.1. The molecular formula is C23H17N3O2S. The third-order valence-electron chi connectivity index (χ3n) is 4.84. The first-order valence-corrected chi connectivity index (χ1v) is 10.6. The van der Waals surface area contributed by atoms with E-state index in [-0.39, 0.29) is 4.90 Å². The number of anilines is 1. The van der Waals surface area contributed by atoms with Crippen molar-refractivity contribution in [2.45, 2.75) is 4.90 Å². The number of pyridine rings is 1. The van der Waals surface area contributed by atoms with Crippen LogP contribution in [0, 0.1) is 0 Å². The van der Waals surface area contributed by atoms with Crippen molar-refractivity contribution in [2.24, 2.45) is 0 Å². The number of aromatic nitrogens is 2. The maximum absolute atomic E-state index is 13.1. The number of benzene rings is 3. The Morgan fingerprint density at radius 2 is 1.55 bits per heavy atom. The Hall–Kier alpha value is -3.64. The van der Waals surface area contributed by atoms with Crippen LogP contribution in [-0.2, 0) is 10.0 Å². The van der Waals surface area contributed by atoms with E-state index in [0.717, 1.165) is 22.0 Å². The van der Waals surface area contributed by atoms with E-state index in [1.807, 2.05) is 77.5 Å². The van der Waals surface area contributed by atoms with E-state index in [9.17, 15) is 8.42 Å². The van der Waals surface area contributed by atoms with Gasteiger partial charge in [0, 0.05) is 18.0 Å². The summed E-state index contributed by atoms with van der Waals surface area (Å²) in [5, 5.41) is 1.88.